The highest BCUT2D eigenvalue weighted by molar-refractivity contribution is 7.09. The third kappa shape index (κ3) is 6.46. The van der Waals surface area contributed by atoms with Crippen LogP contribution in [0.4, 0.5) is 0 Å². The molecule has 0 aromatic carbocycles. The Labute approximate surface area is 133 Å². The largest absolute Gasteiger partial charge is 0.356 e. The van der Waals surface area contributed by atoms with Crippen molar-refractivity contribution in [3.63, 3.8) is 0 Å². The van der Waals surface area contributed by atoms with Gasteiger partial charge in [0.25, 0.3) is 0 Å². The van der Waals surface area contributed by atoms with E-state index in [1.54, 1.807) is 11.3 Å². The van der Waals surface area contributed by atoms with Gasteiger partial charge in [-0.25, -0.2) is 4.98 Å². The fourth-order valence-corrected chi connectivity index (χ4v) is 2.92. The van der Waals surface area contributed by atoms with Gasteiger partial charge in [-0.3, -0.25) is 4.99 Å². The van der Waals surface area contributed by atoms with E-state index in [0.717, 1.165) is 31.4 Å². The lowest BCUT2D eigenvalue weighted by atomic mass is 10.0. The van der Waals surface area contributed by atoms with Gasteiger partial charge >= 0.3 is 0 Å². The van der Waals surface area contributed by atoms with Crippen molar-refractivity contribution in [1.82, 2.24) is 15.6 Å². The molecule has 21 heavy (non-hydrogen) atoms. The minimum absolute atomic E-state index is 0.520. The first kappa shape index (κ1) is 18.0. The molecule has 120 valence electrons. The molecule has 1 heterocycles. The Kier molecular flexibility index (Phi) is 8.35. The molecule has 0 fully saturated rings. The van der Waals surface area contributed by atoms with Crippen LogP contribution in [0, 0.1) is 5.92 Å². The molecule has 0 atom stereocenters. The summed E-state index contributed by atoms with van der Waals surface area (Å²) in [5.41, 5.74) is 1.17. The predicted molar refractivity (Wildman–Crippen MR) is 93.3 cm³/mol. The molecule has 0 amide bonds. The van der Waals surface area contributed by atoms with E-state index in [9.17, 15) is 0 Å². The average Bonchev–Trinajstić information content (AvgIpc) is 2.95. The number of aromatic nitrogens is 1. The summed E-state index contributed by atoms with van der Waals surface area (Å²) in [5.74, 6) is 2.13. The molecule has 2 N–H and O–H groups in total. The van der Waals surface area contributed by atoms with Crippen LogP contribution in [0.15, 0.2) is 10.4 Å². The molecule has 0 aliphatic heterocycles. The molecular weight excluding hydrogens is 280 g/mol. The van der Waals surface area contributed by atoms with Crippen LogP contribution in [0.25, 0.3) is 0 Å². The van der Waals surface area contributed by atoms with Gasteiger partial charge in [0, 0.05) is 37.9 Å². The lowest BCUT2D eigenvalue weighted by Crippen LogP contribution is -2.40. The summed E-state index contributed by atoms with van der Waals surface area (Å²) in [6.45, 7) is 10.7. The number of nitrogens with one attached hydrogen (secondary N) is 2. The minimum Gasteiger partial charge on any atom is -0.356 e. The van der Waals surface area contributed by atoms with Gasteiger partial charge in [0.05, 0.1) is 10.7 Å². The van der Waals surface area contributed by atoms with E-state index in [4.69, 9.17) is 0 Å². The average molecular weight is 311 g/mol. The Balaban J connectivity index is 2.31. The molecule has 0 saturated carbocycles. The molecule has 0 unspecified atom stereocenters. The fourth-order valence-electron chi connectivity index (χ4n) is 2.05. The Hall–Kier alpha value is -1.10. The summed E-state index contributed by atoms with van der Waals surface area (Å²) in [7, 11) is 1.82. The van der Waals surface area contributed by atoms with Crippen molar-refractivity contribution in [2.24, 2.45) is 10.9 Å². The SMILES string of the molecule is CCC(CC)CNC(=NC)NCCc1csc(C(C)C)n1. The molecule has 0 spiro atoms. The number of thiazole rings is 1. The van der Waals surface area contributed by atoms with E-state index in [1.165, 1.54) is 23.5 Å². The number of hydrogen-bond donors (Lipinski definition) is 2. The highest BCUT2D eigenvalue weighted by Gasteiger charge is 2.07. The molecule has 0 aliphatic carbocycles. The minimum atomic E-state index is 0.520. The van der Waals surface area contributed by atoms with Crippen LogP contribution in [0.5, 0.6) is 0 Å². The topological polar surface area (TPSA) is 49.3 Å². The second-order valence-electron chi connectivity index (χ2n) is 5.64. The predicted octanol–water partition coefficient (Wildman–Crippen LogP) is 3.41. The maximum Gasteiger partial charge on any atom is 0.190 e. The van der Waals surface area contributed by atoms with Crippen molar-refractivity contribution in [1.29, 1.82) is 0 Å². The van der Waals surface area contributed by atoms with E-state index in [0.29, 0.717) is 5.92 Å². The third-order valence-corrected chi connectivity index (χ3v) is 4.87. The lowest BCUT2D eigenvalue weighted by Gasteiger charge is -2.16. The van der Waals surface area contributed by atoms with Gasteiger partial charge in [-0.1, -0.05) is 40.5 Å². The highest BCUT2D eigenvalue weighted by atomic mass is 32.1. The summed E-state index contributed by atoms with van der Waals surface area (Å²) >= 11 is 1.76. The Bertz CT molecular complexity index is 422. The van der Waals surface area contributed by atoms with Gasteiger partial charge < -0.3 is 10.6 Å². The molecule has 1 rings (SSSR count). The number of rotatable bonds is 8. The fraction of sp³-hybridized carbons (Fsp3) is 0.750. The summed E-state index contributed by atoms with van der Waals surface area (Å²) in [5, 5.41) is 10.2. The summed E-state index contributed by atoms with van der Waals surface area (Å²) in [4.78, 5) is 8.92. The number of hydrogen-bond acceptors (Lipinski definition) is 3. The van der Waals surface area contributed by atoms with E-state index < -0.39 is 0 Å². The Morgan fingerprint density at radius 1 is 1.29 bits per heavy atom. The van der Waals surface area contributed by atoms with Crippen LogP contribution in [0.3, 0.4) is 0 Å². The highest BCUT2D eigenvalue weighted by Crippen LogP contribution is 2.19. The van der Waals surface area contributed by atoms with Crippen LogP contribution in [0.2, 0.25) is 0 Å². The standard InChI is InChI=1S/C16H30N4S/c1-6-13(7-2)10-19-16(17-5)18-9-8-14-11-21-15(20-14)12(3)4/h11-13H,6-10H2,1-5H3,(H2,17,18,19). The zero-order valence-electron chi connectivity index (χ0n) is 14.1. The number of guanidine groups is 1. The van der Waals surface area contributed by atoms with Gasteiger partial charge in [0.15, 0.2) is 5.96 Å². The second-order valence-corrected chi connectivity index (χ2v) is 6.53. The molecule has 0 saturated heterocycles. The normalized spacial score (nSPS) is 12.2. The van der Waals surface area contributed by atoms with Crippen LogP contribution < -0.4 is 10.6 Å². The molecule has 0 aliphatic rings. The summed E-state index contributed by atoms with van der Waals surface area (Å²) < 4.78 is 0. The lowest BCUT2D eigenvalue weighted by molar-refractivity contribution is 0.481. The van der Waals surface area contributed by atoms with Gasteiger partial charge in [-0.15, -0.1) is 11.3 Å². The third-order valence-electron chi connectivity index (χ3n) is 3.67. The van der Waals surface area contributed by atoms with E-state index in [-0.39, 0.29) is 0 Å². The molecule has 4 nitrogen and oxygen atoms in total. The number of aliphatic imine (C=N–C) groups is 1. The Morgan fingerprint density at radius 3 is 2.52 bits per heavy atom. The van der Waals surface area contributed by atoms with Crippen LogP contribution in [-0.2, 0) is 6.42 Å². The van der Waals surface area contributed by atoms with E-state index >= 15 is 0 Å². The van der Waals surface area contributed by atoms with E-state index in [2.05, 4.69) is 53.7 Å². The smallest absolute Gasteiger partial charge is 0.190 e. The Morgan fingerprint density at radius 2 is 2.00 bits per heavy atom. The maximum atomic E-state index is 4.65. The maximum absolute atomic E-state index is 4.65. The first-order valence-electron chi connectivity index (χ1n) is 7.99. The van der Waals surface area contributed by atoms with Crippen molar-refractivity contribution in [2.75, 3.05) is 20.1 Å². The molecule has 0 bridgehead atoms. The van der Waals surface area contributed by atoms with Crippen LogP contribution in [0.1, 0.15) is 57.2 Å². The van der Waals surface area contributed by atoms with Crippen LogP contribution in [-0.4, -0.2) is 31.1 Å². The molecule has 1 aromatic rings. The zero-order valence-corrected chi connectivity index (χ0v) is 14.9. The van der Waals surface area contributed by atoms with Crippen molar-refractivity contribution >= 4 is 17.3 Å². The second kappa shape index (κ2) is 9.77. The van der Waals surface area contributed by atoms with Crippen molar-refractivity contribution in [3.8, 4) is 0 Å². The van der Waals surface area contributed by atoms with Crippen molar-refractivity contribution in [2.45, 2.75) is 52.9 Å². The molecule has 5 heteroatoms. The van der Waals surface area contributed by atoms with Gasteiger partial charge in [0.1, 0.15) is 0 Å². The van der Waals surface area contributed by atoms with Gasteiger partial charge in [0.2, 0.25) is 0 Å². The first-order chi connectivity index (χ1) is 10.1. The monoisotopic (exact) mass is 310 g/mol. The molecule has 0 radical (unpaired) electrons. The molecular formula is C16H30N4S. The molecule has 1 aromatic heterocycles. The van der Waals surface area contributed by atoms with Crippen LogP contribution >= 0.6 is 11.3 Å². The van der Waals surface area contributed by atoms with Crippen molar-refractivity contribution in [3.05, 3.63) is 16.1 Å². The summed E-state index contributed by atoms with van der Waals surface area (Å²) in [6.07, 6.45) is 3.35. The summed E-state index contributed by atoms with van der Waals surface area (Å²) in [6, 6.07) is 0. The number of nitrogens with zero attached hydrogens (tertiary/aromatic N) is 2. The van der Waals surface area contributed by atoms with Gasteiger partial charge in [-0.05, 0) is 5.92 Å². The van der Waals surface area contributed by atoms with Crippen molar-refractivity contribution < 1.29 is 0 Å². The van der Waals surface area contributed by atoms with E-state index in [1.807, 2.05) is 7.05 Å². The zero-order chi connectivity index (χ0) is 15.7. The first-order valence-corrected chi connectivity index (χ1v) is 8.87. The quantitative estimate of drug-likeness (QED) is 0.571. The van der Waals surface area contributed by atoms with Gasteiger partial charge in [-0.2, -0.15) is 0 Å².